The Bertz CT molecular complexity index is 801. The molecular formula is C25H31BrN2O. The Morgan fingerprint density at radius 1 is 0.931 bits per heavy atom. The lowest BCUT2D eigenvalue weighted by Crippen LogP contribution is -2.47. The molecule has 154 valence electrons. The van der Waals surface area contributed by atoms with E-state index >= 15 is 0 Å². The van der Waals surface area contributed by atoms with Gasteiger partial charge < -0.3 is 4.90 Å². The summed E-state index contributed by atoms with van der Waals surface area (Å²) >= 11 is 3.56. The maximum atomic E-state index is 13.2. The molecule has 2 aromatic rings. The van der Waals surface area contributed by atoms with Crippen molar-refractivity contribution in [3.05, 3.63) is 70.2 Å². The third-order valence-electron chi connectivity index (χ3n) is 6.44. The maximum absolute atomic E-state index is 13.2. The fourth-order valence-electron chi connectivity index (χ4n) is 4.86. The number of carbonyl (C=O) groups is 1. The van der Waals surface area contributed by atoms with Gasteiger partial charge in [0.15, 0.2) is 0 Å². The van der Waals surface area contributed by atoms with Gasteiger partial charge in [0.25, 0.3) is 0 Å². The summed E-state index contributed by atoms with van der Waals surface area (Å²) < 4.78 is 1.12. The molecule has 0 bridgehead atoms. The number of benzene rings is 2. The first kappa shape index (κ1) is 20.6. The zero-order chi connectivity index (χ0) is 20.1. The molecule has 0 spiro atoms. The van der Waals surface area contributed by atoms with E-state index in [1.54, 1.807) is 0 Å². The molecule has 2 fully saturated rings. The molecule has 2 saturated heterocycles. The fourth-order valence-corrected chi connectivity index (χ4v) is 5.30. The van der Waals surface area contributed by atoms with Crippen molar-refractivity contribution in [2.75, 3.05) is 26.2 Å². The van der Waals surface area contributed by atoms with Crippen molar-refractivity contribution in [1.29, 1.82) is 0 Å². The lowest BCUT2D eigenvalue weighted by atomic mass is 9.89. The van der Waals surface area contributed by atoms with Crippen molar-refractivity contribution in [2.24, 2.45) is 11.8 Å². The monoisotopic (exact) mass is 454 g/mol. The van der Waals surface area contributed by atoms with Gasteiger partial charge in [-0.3, -0.25) is 9.69 Å². The molecule has 2 heterocycles. The Labute approximate surface area is 183 Å². The number of carbonyl (C=O) groups excluding carboxylic acids is 1. The number of rotatable bonds is 5. The second-order valence-electron chi connectivity index (χ2n) is 8.66. The smallest absolute Gasteiger partial charge is 0.226 e. The van der Waals surface area contributed by atoms with Crippen molar-refractivity contribution in [2.45, 2.75) is 38.6 Å². The third-order valence-corrected chi connectivity index (χ3v) is 6.94. The quantitative estimate of drug-likeness (QED) is 0.623. The Balaban J connectivity index is 1.27. The van der Waals surface area contributed by atoms with E-state index in [2.05, 4.69) is 80.3 Å². The minimum absolute atomic E-state index is 0.168. The van der Waals surface area contributed by atoms with Crippen molar-refractivity contribution in [1.82, 2.24) is 9.80 Å². The van der Waals surface area contributed by atoms with Gasteiger partial charge in [-0.2, -0.15) is 0 Å². The second-order valence-corrected chi connectivity index (χ2v) is 9.58. The number of amides is 1. The molecule has 1 atom stereocenters. The highest BCUT2D eigenvalue weighted by molar-refractivity contribution is 9.10. The standard InChI is InChI=1S/C25H31BrN2O/c26-24-10-4-8-22(17-24)18-27-13-5-9-23(19-27)25(29)28-14-11-21(12-15-28)16-20-6-2-1-3-7-20/h1-4,6-8,10,17,21,23H,5,9,11-16,18-19H2. The minimum Gasteiger partial charge on any atom is -0.342 e. The minimum atomic E-state index is 0.168. The van der Waals surface area contributed by atoms with Crippen LogP contribution in [0.4, 0.5) is 0 Å². The van der Waals surface area contributed by atoms with Crippen molar-refractivity contribution < 1.29 is 4.79 Å². The number of hydrogen-bond acceptors (Lipinski definition) is 2. The number of likely N-dealkylation sites (tertiary alicyclic amines) is 2. The molecule has 1 amide bonds. The maximum Gasteiger partial charge on any atom is 0.226 e. The topological polar surface area (TPSA) is 23.6 Å². The molecule has 2 aliphatic heterocycles. The van der Waals surface area contributed by atoms with Gasteiger partial charge in [0.2, 0.25) is 5.91 Å². The van der Waals surface area contributed by atoms with Crippen LogP contribution in [0.15, 0.2) is 59.1 Å². The zero-order valence-corrected chi connectivity index (χ0v) is 18.7. The number of halogens is 1. The lowest BCUT2D eigenvalue weighted by molar-refractivity contribution is -0.138. The van der Waals surface area contributed by atoms with Gasteiger partial charge in [-0.25, -0.2) is 0 Å². The van der Waals surface area contributed by atoms with Crippen LogP contribution in [-0.2, 0) is 17.8 Å². The van der Waals surface area contributed by atoms with Gasteiger partial charge in [0, 0.05) is 30.7 Å². The van der Waals surface area contributed by atoms with E-state index < -0.39 is 0 Å². The van der Waals surface area contributed by atoms with Crippen molar-refractivity contribution in [3.8, 4) is 0 Å². The van der Waals surface area contributed by atoms with Crippen LogP contribution in [0.3, 0.4) is 0 Å². The molecule has 3 nitrogen and oxygen atoms in total. The summed E-state index contributed by atoms with van der Waals surface area (Å²) in [6, 6.07) is 19.3. The summed E-state index contributed by atoms with van der Waals surface area (Å²) in [7, 11) is 0. The highest BCUT2D eigenvalue weighted by atomic mass is 79.9. The molecule has 4 rings (SSSR count). The number of hydrogen-bond donors (Lipinski definition) is 0. The van der Waals surface area contributed by atoms with Crippen LogP contribution in [0, 0.1) is 11.8 Å². The van der Waals surface area contributed by atoms with E-state index in [9.17, 15) is 4.79 Å². The predicted molar refractivity (Wildman–Crippen MR) is 122 cm³/mol. The second kappa shape index (κ2) is 9.90. The van der Waals surface area contributed by atoms with Gasteiger partial charge in [0.1, 0.15) is 0 Å². The SMILES string of the molecule is O=C(C1CCCN(Cc2cccc(Br)c2)C1)N1CCC(Cc2ccccc2)CC1. The average Bonchev–Trinajstić information content (AvgIpc) is 2.75. The molecule has 0 aromatic heterocycles. The Morgan fingerprint density at radius 2 is 1.69 bits per heavy atom. The van der Waals surface area contributed by atoms with Gasteiger partial charge in [-0.15, -0.1) is 0 Å². The van der Waals surface area contributed by atoms with Crippen LogP contribution >= 0.6 is 15.9 Å². The molecule has 0 N–H and O–H groups in total. The van der Waals surface area contributed by atoms with E-state index in [1.807, 2.05) is 0 Å². The first-order valence-electron chi connectivity index (χ1n) is 11.0. The zero-order valence-electron chi connectivity index (χ0n) is 17.1. The number of nitrogens with zero attached hydrogens (tertiary/aromatic N) is 2. The van der Waals surface area contributed by atoms with Gasteiger partial charge in [-0.1, -0.05) is 58.4 Å². The Kier molecular flexibility index (Phi) is 7.04. The molecular weight excluding hydrogens is 424 g/mol. The summed E-state index contributed by atoms with van der Waals surface area (Å²) in [5, 5.41) is 0. The highest BCUT2D eigenvalue weighted by Crippen LogP contribution is 2.26. The molecule has 4 heteroatoms. The number of piperidine rings is 2. The molecule has 0 radical (unpaired) electrons. The third kappa shape index (κ3) is 5.70. The highest BCUT2D eigenvalue weighted by Gasteiger charge is 2.31. The van der Waals surface area contributed by atoms with E-state index in [4.69, 9.17) is 0 Å². The molecule has 0 aliphatic carbocycles. The molecule has 0 saturated carbocycles. The molecule has 2 aromatic carbocycles. The molecule has 2 aliphatic rings. The van der Waals surface area contributed by atoms with Crippen LogP contribution < -0.4 is 0 Å². The van der Waals surface area contributed by atoms with Crippen molar-refractivity contribution in [3.63, 3.8) is 0 Å². The van der Waals surface area contributed by atoms with E-state index in [1.165, 1.54) is 11.1 Å². The van der Waals surface area contributed by atoms with E-state index in [0.29, 0.717) is 11.8 Å². The molecule has 1 unspecified atom stereocenters. The molecule has 29 heavy (non-hydrogen) atoms. The normalized spacial score (nSPS) is 21.3. The lowest BCUT2D eigenvalue weighted by Gasteiger charge is -2.38. The summed E-state index contributed by atoms with van der Waals surface area (Å²) in [5.74, 6) is 1.27. The summed E-state index contributed by atoms with van der Waals surface area (Å²) in [6.07, 6.45) is 5.57. The Hall–Kier alpha value is -1.65. The van der Waals surface area contributed by atoms with Crippen LogP contribution in [0.2, 0.25) is 0 Å². The van der Waals surface area contributed by atoms with E-state index in [-0.39, 0.29) is 5.92 Å². The van der Waals surface area contributed by atoms with Gasteiger partial charge in [-0.05, 0) is 67.8 Å². The fraction of sp³-hybridized carbons (Fsp3) is 0.480. The average molecular weight is 455 g/mol. The van der Waals surface area contributed by atoms with Crippen LogP contribution in [0.1, 0.15) is 36.8 Å². The Morgan fingerprint density at radius 3 is 2.45 bits per heavy atom. The van der Waals surface area contributed by atoms with Crippen LogP contribution in [-0.4, -0.2) is 41.9 Å². The van der Waals surface area contributed by atoms with Crippen LogP contribution in [0.5, 0.6) is 0 Å². The van der Waals surface area contributed by atoms with E-state index in [0.717, 1.165) is 69.3 Å². The largest absolute Gasteiger partial charge is 0.342 e. The van der Waals surface area contributed by atoms with Crippen LogP contribution in [0.25, 0.3) is 0 Å². The first-order chi connectivity index (χ1) is 14.2. The first-order valence-corrected chi connectivity index (χ1v) is 11.8. The summed E-state index contributed by atoms with van der Waals surface area (Å²) in [4.78, 5) is 17.8. The van der Waals surface area contributed by atoms with Gasteiger partial charge in [0.05, 0.1) is 5.92 Å². The predicted octanol–water partition coefficient (Wildman–Crippen LogP) is 5.14. The summed E-state index contributed by atoms with van der Waals surface area (Å²) in [5.41, 5.74) is 2.74. The van der Waals surface area contributed by atoms with Gasteiger partial charge >= 0.3 is 0 Å². The van der Waals surface area contributed by atoms with Crippen molar-refractivity contribution >= 4 is 21.8 Å². The summed E-state index contributed by atoms with van der Waals surface area (Å²) in [6.45, 7) is 4.78.